The van der Waals surface area contributed by atoms with E-state index in [0.29, 0.717) is 26.0 Å². The van der Waals surface area contributed by atoms with Gasteiger partial charge in [-0.1, -0.05) is 42.5 Å². The molecule has 1 aromatic heterocycles. The zero-order valence-electron chi connectivity index (χ0n) is 21.0. The predicted molar refractivity (Wildman–Crippen MR) is 143 cm³/mol. The Labute approximate surface area is 213 Å². The molecule has 0 atom stereocenters. The molecule has 0 unspecified atom stereocenters. The van der Waals surface area contributed by atoms with Gasteiger partial charge in [-0.3, -0.25) is 9.48 Å². The Hall–Kier alpha value is -3.86. The lowest BCUT2D eigenvalue weighted by atomic mass is 9.93. The number of rotatable bonds is 8. The molecule has 5 heteroatoms. The number of aryl methyl sites for hydroxylation is 1. The topological polar surface area (TPSA) is 47.4 Å². The van der Waals surface area contributed by atoms with Gasteiger partial charge in [0.15, 0.2) is 0 Å². The summed E-state index contributed by atoms with van der Waals surface area (Å²) in [7, 11) is 0. The quantitative estimate of drug-likeness (QED) is 0.285. The zero-order valence-corrected chi connectivity index (χ0v) is 21.0. The van der Waals surface area contributed by atoms with Crippen molar-refractivity contribution in [1.82, 2.24) is 9.78 Å². The molecule has 1 aliphatic rings. The van der Waals surface area contributed by atoms with E-state index in [2.05, 4.69) is 55.5 Å². The number of anilines is 1. The van der Waals surface area contributed by atoms with E-state index in [1.165, 1.54) is 16.7 Å². The zero-order chi connectivity index (χ0) is 24.9. The summed E-state index contributed by atoms with van der Waals surface area (Å²) < 4.78 is 7.92. The lowest BCUT2D eigenvalue weighted by molar-refractivity contribution is -0.118. The normalized spacial score (nSPS) is 12.9. The van der Waals surface area contributed by atoms with Gasteiger partial charge < -0.3 is 9.64 Å². The highest BCUT2D eigenvalue weighted by atomic mass is 16.5. The van der Waals surface area contributed by atoms with Crippen LogP contribution in [0.1, 0.15) is 41.5 Å². The summed E-state index contributed by atoms with van der Waals surface area (Å²) in [6.07, 6.45) is 7.11. The number of carbonyl (C=O) groups excluding carboxylic acids is 1. The Bertz CT molecular complexity index is 1340. The third-order valence-electron chi connectivity index (χ3n) is 6.96. The van der Waals surface area contributed by atoms with Crippen molar-refractivity contribution in [2.75, 3.05) is 18.1 Å². The summed E-state index contributed by atoms with van der Waals surface area (Å²) in [6.45, 7) is 6.16. The van der Waals surface area contributed by atoms with Crippen molar-refractivity contribution in [2.45, 2.75) is 46.1 Å². The fourth-order valence-corrected chi connectivity index (χ4v) is 4.88. The fourth-order valence-electron chi connectivity index (χ4n) is 4.88. The standard InChI is InChI=1S/C31H32N3O2/c1-23-10-6-16-30(24(23)2)36-19-9-17-31(35)34-18-8-14-28-27(13-7-15-29(28)34)26-20-32-33(22-26)21-25-11-4-3-5-12-25/h3-4,6-7,10-13,15-16,20,22H,8-9,14,17-19,21H2,1-2H3. The number of benzene rings is 3. The van der Waals surface area contributed by atoms with Crippen LogP contribution in [0.4, 0.5) is 5.69 Å². The molecule has 5 nitrogen and oxygen atoms in total. The summed E-state index contributed by atoms with van der Waals surface area (Å²) in [5.41, 5.74) is 8.05. The Morgan fingerprint density at radius 1 is 1.11 bits per heavy atom. The molecular weight excluding hydrogens is 446 g/mol. The van der Waals surface area contributed by atoms with Crippen molar-refractivity contribution in [3.63, 3.8) is 0 Å². The van der Waals surface area contributed by atoms with Crippen molar-refractivity contribution in [2.24, 2.45) is 0 Å². The van der Waals surface area contributed by atoms with Crippen molar-refractivity contribution >= 4 is 11.6 Å². The third-order valence-corrected chi connectivity index (χ3v) is 6.96. The number of amides is 1. The second kappa shape index (κ2) is 10.8. The van der Waals surface area contributed by atoms with Crippen LogP contribution in [-0.4, -0.2) is 28.8 Å². The highest BCUT2D eigenvalue weighted by Gasteiger charge is 2.24. The smallest absolute Gasteiger partial charge is 0.227 e. The van der Waals surface area contributed by atoms with Gasteiger partial charge in [-0.15, -0.1) is 0 Å². The van der Waals surface area contributed by atoms with E-state index in [1.807, 2.05) is 52.2 Å². The minimum atomic E-state index is 0.161. The molecule has 0 N–H and O–H groups in total. The predicted octanol–water partition coefficient (Wildman–Crippen LogP) is 6.15. The summed E-state index contributed by atoms with van der Waals surface area (Å²) in [5, 5.41) is 4.59. The van der Waals surface area contributed by atoms with E-state index >= 15 is 0 Å². The Kier molecular flexibility index (Phi) is 7.17. The van der Waals surface area contributed by atoms with Crippen LogP contribution in [0.3, 0.4) is 0 Å². The Morgan fingerprint density at radius 2 is 2.00 bits per heavy atom. The number of fused-ring (bicyclic) bond motifs is 1. The molecule has 1 amide bonds. The number of ether oxygens (including phenoxy) is 1. The maximum Gasteiger partial charge on any atom is 0.227 e. The van der Waals surface area contributed by atoms with Gasteiger partial charge in [-0.2, -0.15) is 5.10 Å². The number of carbonyl (C=O) groups is 1. The van der Waals surface area contributed by atoms with Crippen LogP contribution < -0.4 is 9.64 Å². The fraction of sp³-hybridized carbons (Fsp3) is 0.290. The van der Waals surface area contributed by atoms with Gasteiger partial charge in [0.2, 0.25) is 5.91 Å². The molecule has 183 valence electrons. The van der Waals surface area contributed by atoms with Gasteiger partial charge in [0, 0.05) is 30.4 Å². The van der Waals surface area contributed by atoms with Crippen LogP contribution in [0.25, 0.3) is 11.1 Å². The van der Waals surface area contributed by atoms with E-state index in [-0.39, 0.29) is 5.91 Å². The van der Waals surface area contributed by atoms with Crippen LogP contribution in [0, 0.1) is 19.9 Å². The molecule has 0 aliphatic carbocycles. The molecule has 2 heterocycles. The van der Waals surface area contributed by atoms with Gasteiger partial charge in [0.1, 0.15) is 5.75 Å². The van der Waals surface area contributed by atoms with E-state index in [1.54, 1.807) is 0 Å². The monoisotopic (exact) mass is 478 g/mol. The summed E-state index contributed by atoms with van der Waals surface area (Å²) in [6, 6.07) is 23.4. The molecule has 1 radical (unpaired) electrons. The van der Waals surface area contributed by atoms with Crippen LogP contribution in [0.2, 0.25) is 0 Å². The van der Waals surface area contributed by atoms with E-state index < -0.39 is 0 Å². The maximum absolute atomic E-state index is 13.2. The van der Waals surface area contributed by atoms with E-state index in [9.17, 15) is 4.79 Å². The molecule has 0 saturated heterocycles. The van der Waals surface area contributed by atoms with Gasteiger partial charge in [-0.05, 0) is 85.2 Å². The Balaban J connectivity index is 1.25. The van der Waals surface area contributed by atoms with E-state index in [4.69, 9.17) is 4.74 Å². The van der Waals surface area contributed by atoms with Gasteiger partial charge >= 0.3 is 0 Å². The lowest BCUT2D eigenvalue weighted by Gasteiger charge is -2.31. The molecule has 3 aromatic carbocycles. The molecule has 5 rings (SSSR count). The second-order valence-corrected chi connectivity index (χ2v) is 9.44. The first kappa shape index (κ1) is 23.9. The molecule has 0 saturated carbocycles. The largest absolute Gasteiger partial charge is 0.493 e. The highest BCUT2D eigenvalue weighted by molar-refractivity contribution is 5.96. The minimum Gasteiger partial charge on any atom is -0.493 e. The Morgan fingerprint density at radius 3 is 2.86 bits per heavy atom. The van der Waals surface area contributed by atoms with Crippen LogP contribution in [-0.2, 0) is 17.8 Å². The molecule has 36 heavy (non-hydrogen) atoms. The highest BCUT2D eigenvalue weighted by Crippen LogP contribution is 2.35. The minimum absolute atomic E-state index is 0.161. The van der Waals surface area contributed by atoms with Crippen molar-refractivity contribution < 1.29 is 9.53 Å². The van der Waals surface area contributed by atoms with Crippen LogP contribution in [0.5, 0.6) is 5.75 Å². The van der Waals surface area contributed by atoms with Crippen molar-refractivity contribution in [1.29, 1.82) is 0 Å². The summed E-state index contributed by atoms with van der Waals surface area (Å²) >= 11 is 0. The van der Waals surface area contributed by atoms with Crippen molar-refractivity contribution in [3.05, 3.63) is 101 Å². The third kappa shape index (κ3) is 5.20. The summed E-state index contributed by atoms with van der Waals surface area (Å²) in [4.78, 5) is 15.2. The molecule has 0 spiro atoms. The molecule has 4 aromatic rings. The average molecular weight is 479 g/mol. The average Bonchev–Trinajstić information content (AvgIpc) is 3.37. The first-order valence-electron chi connectivity index (χ1n) is 12.7. The molecule has 1 aliphatic heterocycles. The molecule has 0 bridgehead atoms. The number of hydrogen-bond donors (Lipinski definition) is 0. The van der Waals surface area contributed by atoms with Gasteiger partial charge in [-0.25, -0.2) is 0 Å². The molecular formula is C31H32N3O2. The first-order chi connectivity index (χ1) is 17.6. The van der Waals surface area contributed by atoms with Crippen LogP contribution >= 0.6 is 0 Å². The number of nitrogens with zero attached hydrogens (tertiary/aromatic N) is 3. The summed E-state index contributed by atoms with van der Waals surface area (Å²) in [5.74, 6) is 1.06. The lowest BCUT2D eigenvalue weighted by Crippen LogP contribution is -2.35. The SMILES string of the molecule is Cc1cccc(OCCCC(=O)N2CCCc3c(-c4cnn(Cc5c[c]ccc5)c4)cccc32)c1C. The first-order valence-corrected chi connectivity index (χ1v) is 12.7. The van der Waals surface area contributed by atoms with Gasteiger partial charge in [0.25, 0.3) is 0 Å². The maximum atomic E-state index is 13.2. The van der Waals surface area contributed by atoms with E-state index in [0.717, 1.165) is 47.5 Å². The number of aromatic nitrogens is 2. The van der Waals surface area contributed by atoms with Gasteiger partial charge in [0.05, 0.1) is 19.3 Å². The molecule has 0 fully saturated rings. The van der Waals surface area contributed by atoms with Crippen molar-refractivity contribution in [3.8, 4) is 16.9 Å². The van der Waals surface area contributed by atoms with Crippen LogP contribution in [0.15, 0.2) is 73.1 Å². The second-order valence-electron chi connectivity index (χ2n) is 9.44. The number of hydrogen-bond acceptors (Lipinski definition) is 3.